The maximum atomic E-state index is 12.9. The minimum Gasteiger partial charge on any atom is -0.493 e. The Morgan fingerprint density at radius 3 is 2.20 bits per heavy atom. The molecule has 2 saturated heterocycles. The number of benzene rings is 1. The van der Waals surface area contributed by atoms with Crippen molar-refractivity contribution >= 4 is 17.5 Å². The van der Waals surface area contributed by atoms with Gasteiger partial charge in [0.15, 0.2) is 11.5 Å². The molecule has 3 rings (SSSR count). The van der Waals surface area contributed by atoms with E-state index in [0.29, 0.717) is 27.5 Å². The van der Waals surface area contributed by atoms with E-state index in [1.54, 1.807) is 19.2 Å². The Hall–Kier alpha value is -1.46. The van der Waals surface area contributed by atoms with Gasteiger partial charge in [0.1, 0.15) is 0 Å². The second-order valence-corrected chi connectivity index (χ2v) is 7.70. The third-order valence-electron chi connectivity index (χ3n) is 5.84. The summed E-state index contributed by atoms with van der Waals surface area (Å²) in [6.07, 6.45) is 4.67. The first-order chi connectivity index (χ1) is 12.0. The van der Waals surface area contributed by atoms with E-state index < -0.39 is 0 Å². The lowest BCUT2D eigenvalue weighted by molar-refractivity contribution is 0.0352. The highest BCUT2D eigenvalue weighted by molar-refractivity contribution is 6.32. The SMILES string of the molecule is COc1cc(C(=O)N2CCC3(CCN(C)CC3)CC2)cc(Cl)c1OC. The van der Waals surface area contributed by atoms with Gasteiger partial charge in [-0.15, -0.1) is 0 Å². The number of hydrogen-bond donors (Lipinski definition) is 0. The van der Waals surface area contributed by atoms with Crippen LogP contribution in [0.1, 0.15) is 36.0 Å². The smallest absolute Gasteiger partial charge is 0.254 e. The van der Waals surface area contributed by atoms with Gasteiger partial charge in [-0.25, -0.2) is 0 Å². The molecule has 138 valence electrons. The van der Waals surface area contributed by atoms with Crippen LogP contribution < -0.4 is 9.47 Å². The Balaban J connectivity index is 1.70. The van der Waals surface area contributed by atoms with Crippen LogP contribution >= 0.6 is 11.6 Å². The Bertz CT molecular complexity index is 632. The molecule has 1 aromatic rings. The molecule has 1 amide bonds. The summed E-state index contributed by atoms with van der Waals surface area (Å²) in [5.41, 5.74) is 0.986. The van der Waals surface area contributed by atoms with Crippen molar-refractivity contribution in [2.75, 3.05) is 47.4 Å². The third-order valence-corrected chi connectivity index (χ3v) is 6.12. The Morgan fingerprint density at radius 2 is 1.64 bits per heavy atom. The van der Waals surface area contributed by atoms with Crippen LogP contribution in [0.3, 0.4) is 0 Å². The maximum Gasteiger partial charge on any atom is 0.254 e. The number of amides is 1. The number of carbonyl (C=O) groups excluding carboxylic acids is 1. The fourth-order valence-electron chi connectivity index (χ4n) is 4.00. The molecule has 0 saturated carbocycles. The molecule has 0 atom stereocenters. The average Bonchev–Trinajstić information content (AvgIpc) is 2.63. The van der Waals surface area contributed by atoms with Crippen molar-refractivity contribution < 1.29 is 14.3 Å². The molecular weight excluding hydrogens is 340 g/mol. The van der Waals surface area contributed by atoms with Crippen LogP contribution in [-0.4, -0.2) is 63.2 Å². The molecule has 0 aliphatic carbocycles. The van der Waals surface area contributed by atoms with Crippen LogP contribution in [0.15, 0.2) is 12.1 Å². The number of rotatable bonds is 3. The summed E-state index contributed by atoms with van der Waals surface area (Å²) in [5, 5.41) is 0.397. The number of ether oxygens (including phenoxy) is 2. The molecule has 2 aliphatic heterocycles. The van der Waals surface area contributed by atoms with Crippen molar-refractivity contribution in [2.45, 2.75) is 25.7 Å². The van der Waals surface area contributed by atoms with Gasteiger partial charge in [0.25, 0.3) is 5.91 Å². The first-order valence-corrected chi connectivity index (χ1v) is 9.25. The fourth-order valence-corrected chi connectivity index (χ4v) is 4.29. The lowest BCUT2D eigenvalue weighted by Crippen LogP contribution is -2.47. The molecule has 0 N–H and O–H groups in total. The van der Waals surface area contributed by atoms with Crippen molar-refractivity contribution in [3.63, 3.8) is 0 Å². The highest BCUT2D eigenvalue weighted by Gasteiger charge is 2.38. The third kappa shape index (κ3) is 3.72. The molecule has 0 radical (unpaired) electrons. The van der Waals surface area contributed by atoms with Gasteiger partial charge in [0.05, 0.1) is 19.2 Å². The molecule has 0 unspecified atom stereocenters. The standard InChI is InChI=1S/C19H27ClN2O3/c1-21-8-4-19(5-9-21)6-10-22(11-7-19)18(23)14-12-15(20)17(25-3)16(13-14)24-2/h12-13H,4-11H2,1-3H3. The molecule has 0 bridgehead atoms. The molecule has 1 spiro atoms. The number of nitrogens with zero attached hydrogens (tertiary/aromatic N) is 2. The predicted octanol–water partition coefficient (Wildman–Crippen LogP) is 3.31. The number of hydrogen-bond acceptors (Lipinski definition) is 4. The van der Waals surface area contributed by atoms with Gasteiger partial charge >= 0.3 is 0 Å². The lowest BCUT2D eigenvalue weighted by atomic mass is 9.71. The summed E-state index contributed by atoms with van der Waals surface area (Å²) in [6.45, 7) is 3.96. The highest BCUT2D eigenvalue weighted by Crippen LogP contribution is 2.42. The summed E-state index contributed by atoms with van der Waals surface area (Å²) in [6, 6.07) is 3.39. The van der Waals surface area contributed by atoms with Crippen LogP contribution in [0.4, 0.5) is 0 Å². The zero-order valence-corrected chi connectivity index (χ0v) is 16.1. The van der Waals surface area contributed by atoms with Gasteiger partial charge in [-0.2, -0.15) is 0 Å². The van der Waals surface area contributed by atoms with Crippen molar-refractivity contribution in [1.82, 2.24) is 9.80 Å². The number of carbonyl (C=O) groups is 1. The zero-order chi connectivity index (χ0) is 18.0. The quantitative estimate of drug-likeness (QED) is 0.823. The maximum absolute atomic E-state index is 12.9. The van der Waals surface area contributed by atoms with E-state index in [1.165, 1.54) is 33.0 Å². The molecule has 5 nitrogen and oxygen atoms in total. The molecule has 2 fully saturated rings. The van der Waals surface area contributed by atoms with E-state index in [2.05, 4.69) is 11.9 Å². The molecule has 0 aromatic heterocycles. The monoisotopic (exact) mass is 366 g/mol. The number of methoxy groups -OCH3 is 2. The number of piperidine rings is 2. The minimum atomic E-state index is 0.0191. The van der Waals surface area contributed by atoms with Crippen LogP contribution in [0.2, 0.25) is 5.02 Å². The molecule has 6 heteroatoms. The average molecular weight is 367 g/mol. The van der Waals surface area contributed by atoms with E-state index in [1.807, 2.05) is 4.90 Å². The summed E-state index contributed by atoms with van der Waals surface area (Å²) >= 11 is 6.25. The van der Waals surface area contributed by atoms with Crippen LogP contribution in [-0.2, 0) is 0 Å². The number of halogens is 1. The minimum absolute atomic E-state index is 0.0191. The van der Waals surface area contributed by atoms with E-state index in [9.17, 15) is 4.79 Å². The number of likely N-dealkylation sites (tertiary alicyclic amines) is 2. The van der Waals surface area contributed by atoms with E-state index in [4.69, 9.17) is 21.1 Å². The topological polar surface area (TPSA) is 42.0 Å². The molecule has 25 heavy (non-hydrogen) atoms. The summed E-state index contributed by atoms with van der Waals surface area (Å²) in [7, 11) is 5.27. The van der Waals surface area contributed by atoms with Crippen LogP contribution in [0, 0.1) is 5.41 Å². The molecule has 2 aliphatic rings. The van der Waals surface area contributed by atoms with Crippen LogP contribution in [0.25, 0.3) is 0 Å². The Kier molecular flexibility index (Phi) is 5.44. The fraction of sp³-hybridized carbons (Fsp3) is 0.632. The van der Waals surface area contributed by atoms with Gasteiger partial charge in [0, 0.05) is 18.7 Å². The van der Waals surface area contributed by atoms with Gasteiger partial charge in [-0.1, -0.05) is 11.6 Å². The second kappa shape index (κ2) is 7.42. The van der Waals surface area contributed by atoms with Crippen molar-refractivity contribution in [1.29, 1.82) is 0 Å². The first-order valence-electron chi connectivity index (χ1n) is 8.87. The molecular formula is C19H27ClN2O3. The lowest BCUT2D eigenvalue weighted by Gasteiger charge is -2.46. The Labute approximate surface area is 154 Å². The van der Waals surface area contributed by atoms with E-state index in [0.717, 1.165) is 25.9 Å². The summed E-state index contributed by atoms with van der Waals surface area (Å²) in [5.74, 6) is 0.970. The van der Waals surface area contributed by atoms with Gasteiger partial charge < -0.3 is 19.3 Å². The zero-order valence-electron chi connectivity index (χ0n) is 15.3. The van der Waals surface area contributed by atoms with Gasteiger partial charge in [-0.05, 0) is 63.4 Å². The van der Waals surface area contributed by atoms with Gasteiger partial charge in [0.2, 0.25) is 0 Å². The summed E-state index contributed by atoms with van der Waals surface area (Å²) < 4.78 is 10.6. The summed E-state index contributed by atoms with van der Waals surface area (Å²) in [4.78, 5) is 17.2. The largest absolute Gasteiger partial charge is 0.493 e. The van der Waals surface area contributed by atoms with Crippen molar-refractivity contribution in [2.24, 2.45) is 5.41 Å². The normalized spacial score (nSPS) is 20.6. The first kappa shape index (κ1) is 18.3. The molecule has 1 aromatic carbocycles. The van der Waals surface area contributed by atoms with E-state index >= 15 is 0 Å². The van der Waals surface area contributed by atoms with E-state index in [-0.39, 0.29) is 5.91 Å². The highest BCUT2D eigenvalue weighted by atomic mass is 35.5. The predicted molar refractivity (Wildman–Crippen MR) is 98.9 cm³/mol. The van der Waals surface area contributed by atoms with Crippen LogP contribution in [0.5, 0.6) is 11.5 Å². The van der Waals surface area contributed by atoms with Crippen molar-refractivity contribution in [3.05, 3.63) is 22.7 Å². The van der Waals surface area contributed by atoms with Crippen molar-refractivity contribution in [3.8, 4) is 11.5 Å². The second-order valence-electron chi connectivity index (χ2n) is 7.29. The van der Waals surface area contributed by atoms with Gasteiger partial charge in [-0.3, -0.25) is 4.79 Å². The Morgan fingerprint density at radius 1 is 1.04 bits per heavy atom. The molecule has 2 heterocycles.